The van der Waals surface area contributed by atoms with Crippen LogP contribution in [0.2, 0.25) is 0 Å². The normalized spacial score (nSPS) is 15.2. The van der Waals surface area contributed by atoms with Gasteiger partial charge in [-0.05, 0) is 35.7 Å². The van der Waals surface area contributed by atoms with Crippen LogP contribution in [0.4, 0.5) is 14.7 Å². The molecule has 1 fully saturated rings. The van der Waals surface area contributed by atoms with Gasteiger partial charge < -0.3 is 19.1 Å². The average Bonchev–Trinajstić information content (AvgIpc) is 3.13. The van der Waals surface area contributed by atoms with E-state index < -0.39 is 6.61 Å². The van der Waals surface area contributed by atoms with Crippen molar-refractivity contribution in [1.82, 2.24) is 15.0 Å². The molecule has 0 aliphatic carbocycles. The number of hydrogen-bond donors (Lipinski definition) is 0. The molecule has 3 rings (SSSR count). The molecule has 9 heteroatoms. The molecule has 1 amide bonds. The van der Waals surface area contributed by atoms with Crippen molar-refractivity contribution in [1.29, 1.82) is 0 Å². The van der Waals surface area contributed by atoms with Crippen LogP contribution in [-0.2, 0) is 11.2 Å². The van der Waals surface area contributed by atoms with Gasteiger partial charge in [0.05, 0.1) is 6.42 Å². The van der Waals surface area contributed by atoms with E-state index in [1.807, 2.05) is 19.0 Å². The number of hydrogen-bond acceptors (Lipinski definition) is 6. The van der Waals surface area contributed by atoms with E-state index in [9.17, 15) is 13.6 Å². The van der Waals surface area contributed by atoms with E-state index >= 15 is 0 Å². The minimum absolute atomic E-state index is 0.00971. The van der Waals surface area contributed by atoms with Gasteiger partial charge >= 0.3 is 6.61 Å². The fraction of sp³-hybridized carbons (Fsp3) is 0.500. The predicted molar refractivity (Wildman–Crippen MR) is 94.0 cm³/mol. The summed E-state index contributed by atoms with van der Waals surface area (Å²) in [5, 5.41) is 3.93. The van der Waals surface area contributed by atoms with Crippen LogP contribution in [0.15, 0.2) is 28.8 Å². The zero-order valence-corrected chi connectivity index (χ0v) is 15.3. The molecule has 2 aromatic rings. The van der Waals surface area contributed by atoms with Gasteiger partial charge in [0, 0.05) is 33.1 Å². The van der Waals surface area contributed by atoms with Gasteiger partial charge in [-0.25, -0.2) is 0 Å². The van der Waals surface area contributed by atoms with Crippen molar-refractivity contribution >= 4 is 11.9 Å². The van der Waals surface area contributed by atoms with Crippen LogP contribution < -0.4 is 9.64 Å². The molecule has 2 heterocycles. The summed E-state index contributed by atoms with van der Waals surface area (Å²) in [4.78, 5) is 20.5. The van der Waals surface area contributed by atoms with E-state index in [0.29, 0.717) is 24.9 Å². The Bertz CT molecular complexity index is 756. The van der Waals surface area contributed by atoms with Gasteiger partial charge in [-0.2, -0.15) is 13.8 Å². The van der Waals surface area contributed by atoms with Crippen molar-refractivity contribution < 1.29 is 22.8 Å². The molecule has 0 saturated carbocycles. The number of rotatable bonds is 6. The summed E-state index contributed by atoms with van der Waals surface area (Å²) in [6.45, 7) is -1.61. The Morgan fingerprint density at radius 2 is 1.96 bits per heavy atom. The summed E-state index contributed by atoms with van der Waals surface area (Å²) in [5.74, 6) is 1.40. The average molecular weight is 380 g/mol. The molecule has 1 aliphatic heterocycles. The Morgan fingerprint density at radius 3 is 2.52 bits per heavy atom. The maximum absolute atomic E-state index is 12.5. The van der Waals surface area contributed by atoms with Crippen LogP contribution >= 0.6 is 0 Å². The van der Waals surface area contributed by atoms with Crippen molar-refractivity contribution in [2.75, 3.05) is 32.1 Å². The summed E-state index contributed by atoms with van der Waals surface area (Å²) in [5.41, 5.74) is 0.760. The molecule has 7 nitrogen and oxygen atoms in total. The highest BCUT2D eigenvalue weighted by Crippen LogP contribution is 2.28. The molecule has 1 saturated heterocycles. The fourth-order valence-electron chi connectivity index (χ4n) is 3.03. The number of benzene rings is 1. The van der Waals surface area contributed by atoms with E-state index in [4.69, 9.17) is 4.52 Å². The van der Waals surface area contributed by atoms with E-state index in [0.717, 1.165) is 18.4 Å². The van der Waals surface area contributed by atoms with Crippen molar-refractivity contribution in [2.24, 2.45) is 0 Å². The number of carbonyl (C=O) groups excluding carboxylic acids is 1. The molecule has 0 radical (unpaired) electrons. The number of ether oxygens (including phenoxy) is 1. The number of carbonyl (C=O) groups is 1. The summed E-state index contributed by atoms with van der Waals surface area (Å²) < 4.78 is 34.0. The number of anilines is 1. The molecule has 1 aromatic carbocycles. The van der Waals surface area contributed by atoms with Gasteiger partial charge in [0.1, 0.15) is 5.75 Å². The van der Waals surface area contributed by atoms with Gasteiger partial charge in [0.15, 0.2) is 0 Å². The van der Waals surface area contributed by atoms with E-state index in [2.05, 4.69) is 14.9 Å². The summed E-state index contributed by atoms with van der Waals surface area (Å²) >= 11 is 0. The first-order valence-electron chi connectivity index (χ1n) is 8.75. The number of amides is 1. The molecule has 0 unspecified atom stereocenters. The largest absolute Gasteiger partial charge is 0.435 e. The Kier molecular flexibility index (Phi) is 5.88. The molecule has 1 aliphatic rings. The minimum atomic E-state index is -2.86. The standard InChI is InChI=1S/C18H22F2N4O3/c1-23(2)18-21-16(27-22-18)13-7-9-24(10-8-13)15(25)11-12-3-5-14(6-4-12)26-17(19)20/h3-6,13,17H,7-11H2,1-2H3. The third-order valence-electron chi connectivity index (χ3n) is 4.53. The van der Waals surface area contributed by atoms with Crippen LogP contribution in [0.5, 0.6) is 5.75 Å². The van der Waals surface area contributed by atoms with E-state index in [-0.39, 0.29) is 24.0 Å². The topological polar surface area (TPSA) is 71.7 Å². The molecule has 146 valence electrons. The van der Waals surface area contributed by atoms with E-state index in [1.165, 1.54) is 12.1 Å². The van der Waals surface area contributed by atoms with Crippen LogP contribution in [0.3, 0.4) is 0 Å². The fourth-order valence-corrected chi connectivity index (χ4v) is 3.03. The second kappa shape index (κ2) is 8.32. The van der Waals surface area contributed by atoms with E-state index in [1.54, 1.807) is 17.0 Å². The second-order valence-electron chi connectivity index (χ2n) is 6.68. The zero-order valence-electron chi connectivity index (χ0n) is 15.3. The summed E-state index contributed by atoms with van der Waals surface area (Å²) in [6.07, 6.45) is 1.76. The quantitative estimate of drug-likeness (QED) is 0.767. The van der Waals surface area contributed by atoms with Gasteiger partial charge in [-0.15, -0.1) is 0 Å². The number of nitrogens with zero attached hydrogens (tertiary/aromatic N) is 4. The van der Waals surface area contributed by atoms with Crippen molar-refractivity contribution in [3.63, 3.8) is 0 Å². The molecular formula is C18H22F2N4O3. The number of alkyl halides is 2. The lowest BCUT2D eigenvalue weighted by Crippen LogP contribution is -2.38. The molecule has 27 heavy (non-hydrogen) atoms. The van der Waals surface area contributed by atoms with Gasteiger partial charge in [-0.1, -0.05) is 12.1 Å². The van der Waals surface area contributed by atoms with Gasteiger partial charge in [-0.3, -0.25) is 4.79 Å². The van der Waals surface area contributed by atoms with Crippen molar-refractivity contribution in [3.8, 4) is 5.75 Å². The smallest absolute Gasteiger partial charge is 0.387 e. The highest BCUT2D eigenvalue weighted by atomic mass is 19.3. The van der Waals surface area contributed by atoms with Gasteiger partial charge in [0.2, 0.25) is 11.8 Å². The first kappa shape index (κ1) is 19.1. The zero-order chi connectivity index (χ0) is 19.4. The monoisotopic (exact) mass is 380 g/mol. The van der Waals surface area contributed by atoms with Crippen molar-refractivity contribution in [2.45, 2.75) is 31.8 Å². The Labute approximate surface area is 155 Å². The van der Waals surface area contributed by atoms with Crippen LogP contribution in [-0.4, -0.2) is 54.7 Å². The predicted octanol–water partition coefficient (Wildman–Crippen LogP) is 2.69. The van der Waals surface area contributed by atoms with Crippen LogP contribution in [0.25, 0.3) is 0 Å². The number of piperidine rings is 1. The maximum Gasteiger partial charge on any atom is 0.387 e. The number of halogens is 2. The molecular weight excluding hydrogens is 358 g/mol. The van der Waals surface area contributed by atoms with Gasteiger partial charge in [0.25, 0.3) is 5.95 Å². The molecule has 0 bridgehead atoms. The Morgan fingerprint density at radius 1 is 1.30 bits per heavy atom. The highest BCUT2D eigenvalue weighted by Gasteiger charge is 2.27. The Hall–Kier alpha value is -2.71. The third kappa shape index (κ3) is 4.93. The highest BCUT2D eigenvalue weighted by molar-refractivity contribution is 5.78. The molecule has 1 aromatic heterocycles. The number of aromatic nitrogens is 2. The van der Waals surface area contributed by atoms with Crippen LogP contribution in [0, 0.1) is 0 Å². The first-order valence-corrected chi connectivity index (χ1v) is 8.75. The van der Waals surface area contributed by atoms with Crippen LogP contribution in [0.1, 0.15) is 30.2 Å². The maximum atomic E-state index is 12.5. The Balaban J connectivity index is 1.50. The van der Waals surface area contributed by atoms with Crippen molar-refractivity contribution in [3.05, 3.63) is 35.7 Å². The number of likely N-dealkylation sites (tertiary alicyclic amines) is 1. The third-order valence-corrected chi connectivity index (χ3v) is 4.53. The molecule has 0 N–H and O–H groups in total. The molecule has 0 spiro atoms. The lowest BCUT2D eigenvalue weighted by molar-refractivity contribution is -0.131. The first-order chi connectivity index (χ1) is 12.9. The molecule has 0 atom stereocenters. The SMILES string of the molecule is CN(C)c1noc(C2CCN(C(=O)Cc3ccc(OC(F)F)cc3)CC2)n1. The lowest BCUT2D eigenvalue weighted by Gasteiger charge is -2.30. The summed E-state index contributed by atoms with van der Waals surface area (Å²) in [7, 11) is 3.70. The summed E-state index contributed by atoms with van der Waals surface area (Å²) in [6, 6.07) is 6.14. The lowest BCUT2D eigenvalue weighted by atomic mass is 9.96. The second-order valence-corrected chi connectivity index (χ2v) is 6.68. The minimum Gasteiger partial charge on any atom is -0.435 e.